The summed E-state index contributed by atoms with van der Waals surface area (Å²) >= 11 is 1.46. The molecule has 4 rings (SSSR count). The monoisotopic (exact) mass is 326 g/mol. The number of benzene rings is 1. The van der Waals surface area contributed by atoms with Crippen LogP contribution in [0.5, 0.6) is 5.75 Å². The van der Waals surface area contributed by atoms with Gasteiger partial charge < -0.3 is 15.2 Å². The standard InChI is InChI=1S/C16H14N4O2S/c1-21-11-4-2-3-10(7-11)12-14(8-17)13(19)20-16(15(12,14)9-18)22-5-6-23-16/h2-4,7,12H,5-6H2,1H3,(H2,19,20)/t12-,14-,15-,16-/m1/s1. The number of nitrogens with two attached hydrogens (primary N) is 1. The third-order valence-corrected chi connectivity index (χ3v) is 6.33. The molecule has 0 amide bonds. The summed E-state index contributed by atoms with van der Waals surface area (Å²) in [6.07, 6.45) is 0. The Hall–Kier alpha value is -2.22. The summed E-state index contributed by atoms with van der Waals surface area (Å²) in [4.78, 5) is 4.41. The molecule has 2 fully saturated rings. The van der Waals surface area contributed by atoms with E-state index < -0.39 is 15.9 Å². The zero-order valence-electron chi connectivity index (χ0n) is 12.4. The van der Waals surface area contributed by atoms with Crippen molar-refractivity contribution in [3.05, 3.63) is 29.8 Å². The second-order valence-corrected chi connectivity index (χ2v) is 7.08. The Labute approximate surface area is 137 Å². The minimum absolute atomic E-state index is 0.198. The van der Waals surface area contributed by atoms with Crippen molar-refractivity contribution in [3.8, 4) is 17.9 Å². The molecule has 6 nitrogen and oxygen atoms in total. The quantitative estimate of drug-likeness (QED) is 0.885. The van der Waals surface area contributed by atoms with Crippen LogP contribution in [0, 0.1) is 33.5 Å². The molecule has 0 aromatic heterocycles. The molecule has 3 aliphatic rings. The maximum absolute atomic E-state index is 10.0. The molecule has 4 atom stereocenters. The van der Waals surface area contributed by atoms with Crippen molar-refractivity contribution in [1.29, 1.82) is 10.5 Å². The summed E-state index contributed by atoms with van der Waals surface area (Å²) in [5.74, 6) is 1.23. The van der Waals surface area contributed by atoms with Gasteiger partial charge in [0.05, 0.1) is 25.9 Å². The smallest absolute Gasteiger partial charge is 0.230 e. The molecule has 2 heterocycles. The number of thioether (sulfide) groups is 1. The van der Waals surface area contributed by atoms with Gasteiger partial charge in [-0.2, -0.15) is 10.5 Å². The molecule has 1 spiro atoms. The second kappa shape index (κ2) is 4.41. The second-order valence-electron chi connectivity index (χ2n) is 5.83. The highest BCUT2D eigenvalue weighted by Crippen LogP contribution is 2.84. The first kappa shape index (κ1) is 14.4. The molecule has 23 heavy (non-hydrogen) atoms. The summed E-state index contributed by atoms with van der Waals surface area (Å²) in [6.45, 7) is 0.497. The lowest BCUT2D eigenvalue weighted by Gasteiger charge is -2.26. The van der Waals surface area contributed by atoms with Crippen molar-refractivity contribution in [3.63, 3.8) is 0 Å². The summed E-state index contributed by atoms with van der Waals surface area (Å²) in [5.41, 5.74) is 4.75. The van der Waals surface area contributed by atoms with E-state index in [0.717, 1.165) is 11.3 Å². The first-order valence-electron chi connectivity index (χ1n) is 7.22. The Morgan fingerprint density at radius 3 is 2.87 bits per heavy atom. The minimum atomic E-state index is -1.13. The van der Waals surface area contributed by atoms with Gasteiger partial charge in [0, 0.05) is 11.7 Å². The van der Waals surface area contributed by atoms with Gasteiger partial charge in [0.25, 0.3) is 0 Å². The normalized spacial score (nSPS) is 40.1. The molecular formula is C16H14N4O2S. The van der Waals surface area contributed by atoms with Gasteiger partial charge in [-0.3, -0.25) is 0 Å². The number of methoxy groups -OCH3 is 1. The van der Waals surface area contributed by atoms with Gasteiger partial charge in [0.2, 0.25) is 5.06 Å². The van der Waals surface area contributed by atoms with E-state index in [1.54, 1.807) is 7.11 Å². The van der Waals surface area contributed by atoms with Crippen LogP contribution in [0.15, 0.2) is 29.3 Å². The fourth-order valence-corrected chi connectivity index (χ4v) is 5.36. The first-order chi connectivity index (χ1) is 11.1. The van der Waals surface area contributed by atoms with E-state index in [-0.39, 0.29) is 11.8 Å². The fraction of sp³-hybridized carbons (Fsp3) is 0.438. The average Bonchev–Trinajstić information content (AvgIpc) is 2.84. The van der Waals surface area contributed by atoms with E-state index in [4.69, 9.17) is 15.2 Å². The predicted molar refractivity (Wildman–Crippen MR) is 84.6 cm³/mol. The molecule has 116 valence electrons. The summed E-state index contributed by atoms with van der Waals surface area (Å²) in [6, 6.07) is 12.0. The number of nitrogens with zero attached hydrogens (tertiary/aromatic N) is 3. The highest BCUT2D eigenvalue weighted by atomic mass is 32.2. The fourth-order valence-electron chi connectivity index (χ4n) is 4.04. The summed E-state index contributed by atoms with van der Waals surface area (Å²) in [5, 5.41) is 18.8. The highest BCUT2D eigenvalue weighted by molar-refractivity contribution is 8.00. The predicted octanol–water partition coefficient (Wildman–Crippen LogP) is 1.60. The molecule has 1 aliphatic carbocycles. The SMILES string of the molecule is COc1cccc([C@H]2[C@@]3(C#N)[C@@]4(N=C(N)[C@@]23C#N)OCCS4)c1. The highest BCUT2D eigenvalue weighted by Gasteiger charge is 2.93. The molecule has 2 aliphatic heterocycles. The van der Waals surface area contributed by atoms with Crippen LogP contribution < -0.4 is 10.5 Å². The number of aliphatic imine (C=N–C) groups is 1. The van der Waals surface area contributed by atoms with Crippen LogP contribution in [-0.4, -0.2) is 30.4 Å². The maximum Gasteiger partial charge on any atom is 0.230 e. The molecule has 1 saturated heterocycles. The number of nitriles is 2. The number of fused-ring (bicyclic) bond motifs is 2. The van der Waals surface area contributed by atoms with Crippen molar-refractivity contribution in [2.45, 2.75) is 11.0 Å². The van der Waals surface area contributed by atoms with E-state index in [1.165, 1.54) is 11.8 Å². The third kappa shape index (κ3) is 1.36. The van der Waals surface area contributed by atoms with Gasteiger partial charge in [-0.1, -0.05) is 23.9 Å². The summed E-state index contributed by atoms with van der Waals surface area (Å²) < 4.78 is 11.1. The lowest BCUT2D eigenvalue weighted by atomic mass is 9.95. The third-order valence-electron chi connectivity index (χ3n) is 5.03. The molecule has 0 bridgehead atoms. The molecule has 0 unspecified atom stereocenters. The summed E-state index contributed by atoms with van der Waals surface area (Å²) in [7, 11) is 1.58. The van der Waals surface area contributed by atoms with E-state index in [9.17, 15) is 10.5 Å². The van der Waals surface area contributed by atoms with Crippen molar-refractivity contribution in [2.75, 3.05) is 19.5 Å². The van der Waals surface area contributed by atoms with E-state index in [1.807, 2.05) is 24.3 Å². The Balaban J connectivity index is 1.91. The molecule has 0 radical (unpaired) electrons. The lowest BCUT2D eigenvalue weighted by molar-refractivity contribution is 0.0200. The molecule has 7 heteroatoms. The van der Waals surface area contributed by atoms with Gasteiger partial charge in [-0.25, -0.2) is 4.99 Å². The van der Waals surface area contributed by atoms with Crippen LogP contribution in [0.3, 0.4) is 0 Å². The van der Waals surface area contributed by atoms with Crippen LogP contribution in [0.1, 0.15) is 11.5 Å². The zero-order valence-corrected chi connectivity index (χ0v) is 13.3. The topological polar surface area (TPSA) is 104 Å². The number of ether oxygens (including phenoxy) is 2. The van der Waals surface area contributed by atoms with Gasteiger partial charge in [-0.15, -0.1) is 0 Å². The van der Waals surface area contributed by atoms with E-state index in [0.29, 0.717) is 12.4 Å². The van der Waals surface area contributed by atoms with Crippen LogP contribution in [0.25, 0.3) is 0 Å². The number of rotatable bonds is 2. The Morgan fingerprint density at radius 1 is 1.43 bits per heavy atom. The molecule has 1 aromatic rings. The van der Waals surface area contributed by atoms with Gasteiger partial charge in [0.1, 0.15) is 17.0 Å². The van der Waals surface area contributed by atoms with Gasteiger partial charge in [0.15, 0.2) is 5.41 Å². The maximum atomic E-state index is 10.0. The van der Waals surface area contributed by atoms with Crippen LogP contribution >= 0.6 is 11.8 Å². The Morgan fingerprint density at radius 2 is 2.26 bits per heavy atom. The Bertz CT molecular complexity index is 805. The van der Waals surface area contributed by atoms with Gasteiger partial charge >= 0.3 is 0 Å². The molecule has 1 saturated carbocycles. The van der Waals surface area contributed by atoms with E-state index >= 15 is 0 Å². The average molecular weight is 326 g/mol. The van der Waals surface area contributed by atoms with E-state index in [2.05, 4.69) is 17.1 Å². The Kier molecular flexibility index (Phi) is 2.76. The first-order valence-corrected chi connectivity index (χ1v) is 8.20. The van der Waals surface area contributed by atoms with Crippen LogP contribution in [0.2, 0.25) is 0 Å². The number of amidine groups is 1. The molecule has 1 aromatic carbocycles. The largest absolute Gasteiger partial charge is 0.497 e. The van der Waals surface area contributed by atoms with Crippen molar-refractivity contribution in [2.24, 2.45) is 21.6 Å². The van der Waals surface area contributed by atoms with Crippen LogP contribution in [-0.2, 0) is 4.74 Å². The molecular weight excluding hydrogens is 312 g/mol. The zero-order chi connectivity index (χ0) is 16.3. The van der Waals surface area contributed by atoms with Crippen molar-refractivity contribution < 1.29 is 9.47 Å². The number of hydrogen-bond donors (Lipinski definition) is 1. The van der Waals surface area contributed by atoms with Crippen molar-refractivity contribution in [1.82, 2.24) is 0 Å². The van der Waals surface area contributed by atoms with Crippen LogP contribution in [0.4, 0.5) is 0 Å². The van der Waals surface area contributed by atoms with Crippen molar-refractivity contribution >= 4 is 17.6 Å². The molecule has 2 N–H and O–H groups in total. The minimum Gasteiger partial charge on any atom is -0.497 e. The van der Waals surface area contributed by atoms with Gasteiger partial charge in [-0.05, 0) is 17.7 Å². The lowest BCUT2D eigenvalue weighted by Crippen LogP contribution is -2.34. The number of hydrogen-bond acceptors (Lipinski definition) is 7.